The second-order valence-electron chi connectivity index (χ2n) is 8.38. The topological polar surface area (TPSA) is 93.2 Å². The number of rotatable bonds is 6. The number of likely N-dealkylation sites (tertiary alicyclic amines) is 1. The summed E-state index contributed by atoms with van der Waals surface area (Å²) in [5.41, 5.74) is 1.95. The molecule has 2 aliphatic heterocycles. The third-order valence-electron chi connectivity index (χ3n) is 5.82. The second-order valence-corrected chi connectivity index (χ2v) is 9.37. The lowest BCUT2D eigenvalue weighted by molar-refractivity contribution is -0.136. The number of benzene rings is 2. The maximum atomic E-state index is 12.8. The molecule has 9 heteroatoms. The lowest BCUT2D eigenvalue weighted by Crippen LogP contribution is -2.44. The van der Waals surface area contributed by atoms with Gasteiger partial charge in [-0.3, -0.25) is 19.3 Å². The molecule has 3 amide bonds. The Hall–Kier alpha value is -3.59. The van der Waals surface area contributed by atoms with E-state index >= 15 is 0 Å². The van der Waals surface area contributed by atoms with Crippen LogP contribution in [0, 0.1) is 6.92 Å². The molecule has 2 saturated heterocycles. The van der Waals surface area contributed by atoms with Crippen LogP contribution in [0.15, 0.2) is 47.4 Å². The summed E-state index contributed by atoms with van der Waals surface area (Å²) in [5, 5.41) is -0.470. The van der Waals surface area contributed by atoms with E-state index in [-0.39, 0.29) is 23.1 Å². The van der Waals surface area contributed by atoms with Crippen molar-refractivity contribution in [1.82, 2.24) is 9.80 Å². The van der Waals surface area contributed by atoms with Gasteiger partial charge in [-0.2, -0.15) is 0 Å². The highest BCUT2D eigenvalue weighted by Gasteiger charge is 2.37. The molecule has 0 bridgehead atoms. The molecule has 0 unspecified atom stereocenters. The zero-order valence-corrected chi connectivity index (χ0v) is 20.4. The molecule has 2 aromatic rings. The SMILES string of the molecule is COc1cc(/C=C2\SC(=O)N(CC(=O)N3CCCCC3)C2=O)ccc1OC(=O)c1cccc(C)c1. The highest BCUT2D eigenvalue weighted by Crippen LogP contribution is 2.35. The fourth-order valence-corrected chi connectivity index (χ4v) is 4.79. The molecule has 2 fully saturated rings. The molecule has 0 spiro atoms. The normalized spacial score (nSPS) is 17.1. The van der Waals surface area contributed by atoms with Crippen LogP contribution in [-0.2, 0) is 9.59 Å². The van der Waals surface area contributed by atoms with Gasteiger partial charge in [-0.25, -0.2) is 4.79 Å². The van der Waals surface area contributed by atoms with Gasteiger partial charge >= 0.3 is 5.97 Å². The molecule has 2 heterocycles. The Morgan fingerprint density at radius 2 is 1.80 bits per heavy atom. The Balaban J connectivity index is 1.47. The summed E-state index contributed by atoms with van der Waals surface area (Å²) in [6.07, 6.45) is 4.52. The number of amides is 3. The van der Waals surface area contributed by atoms with Crippen LogP contribution in [-0.4, -0.2) is 59.6 Å². The van der Waals surface area contributed by atoms with E-state index in [1.54, 1.807) is 47.4 Å². The smallest absolute Gasteiger partial charge is 0.343 e. The zero-order valence-electron chi connectivity index (χ0n) is 19.6. The number of nitrogens with zero attached hydrogens (tertiary/aromatic N) is 2. The second kappa shape index (κ2) is 10.8. The van der Waals surface area contributed by atoms with Crippen molar-refractivity contribution in [2.24, 2.45) is 0 Å². The summed E-state index contributed by atoms with van der Waals surface area (Å²) in [7, 11) is 1.45. The van der Waals surface area contributed by atoms with E-state index in [1.807, 2.05) is 13.0 Å². The van der Waals surface area contributed by atoms with Gasteiger partial charge in [0.05, 0.1) is 17.6 Å². The lowest BCUT2D eigenvalue weighted by atomic mass is 10.1. The van der Waals surface area contributed by atoms with E-state index in [0.717, 1.165) is 41.5 Å². The van der Waals surface area contributed by atoms with Crippen molar-refractivity contribution in [3.05, 3.63) is 64.1 Å². The minimum atomic E-state index is -0.515. The molecule has 0 atom stereocenters. The number of ether oxygens (including phenoxy) is 2. The molecule has 182 valence electrons. The van der Waals surface area contributed by atoms with Crippen LogP contribution in [0.4, 0.5) is 4.79 Å². The average Bonchev–Trinajstić information content (AvgIpc) is 3.12. The van der Waals surface area contributed by atoms with Crippen LogP contribution in [0.5, 0.6) is 11.5 Å². The van der Waals surface area contributed by atoms with Gasteiger partial charge in [-0.1, -0.05) is 23.8 Å². The van der Waals surface area contributed by atoms with Gasteiger partial charge in [0.2, 0.25) is 5.91 Å². The number of aryl methyl sites for hydroxylation is 1. The Morgan fingerprint density at radius 1 is 1.03 bits per heavy atom. The standard InChI is InChI=1S/C26H26N2O6S/c1-17-7-6-8-19(13-17)25(31)34-20-10-9-18(14-21(20)33-2)15-22-24(30)28(26(32)35-22)16-23(29)27-11-4-3-5-12-27/h6-10,13-15H,3-5,11-12,16H2,1-2H3/b22-15-. The highest BCUT2D eigenvalue weighted by molar-refractivity contribution is 8.18. The van der Waals surface area contributed by atoms with Crippen LogP contribution in [0.3, 0.4) is 0 Å². The molecule has 2 aromatic carbocycles. The summed E-state index contributed by atoms with van der Waals surface area (Å²) in [4.78, 5) is 53.2. The van der Waals surface area contributed by atoms with Gasteiger partial charge in [-0.05, 0) is 73.9 Å². The van der Waals surface area contributed by atoms with Crippen molar-refractivity contribution in [1.29, 1.82) is 0 Å². The summed E-state index contributed by atoms with van der Waals surface area (Å²) < 4.78 is 10.9. The van der Waals surface area contributed by atoms with Crippen LogP contribution in [0.2, 0.25) is 0 Å². The Labute approximate surface area is 207 Å². The van der Waals surface area contributed by atoms with Crippen LogP contribution < -0.4 is 9.47 Å². The minimum Gasteiger partial charge on any atom is -0.493 e. The predicted octanol–water partition coefficient (Wildman–Crippen LogP) is 4.27. The number of thioether (sulfide) groups is 1. The fraction of sp³-hybridized carbons (Fsp3) is 0.308. The first-order valence-electron chi connectivity index (χ1n) is 11.4. The zero-order chi connectivity index (χ0) is 24.9. The molecule has 4 rings (SSSR count). The molecular weight excluding hydrogens is 468 g/mol. The third kappa shape index (κ3) is 5.74. The van der Waals surface area contributed by atoms with E-state index < -0.39 is 17.1 Å². The molecule has 0 saturated carbocycles. The van der Waals surface area contributed by atoms with Gasteiger partial charge in [0.15, 0.2) is 11.5 Å². The molecule has 2 aliphatic rings. The molecule has 35 heavy (non-hydrogen) atoms. The van der Waals surface area contributed by atoms with Crippen molar-refractivity contribution in [2.45, 2.75) is 26.2 Å². The van der Waals surface area contributed by atoms with E-state index in [9.17, 15) is 19.2 Å². The number of hydrogen-bond donors (Lipinski definition) is 0. The number of methoxy groups -OCH3 is 1. The number of hydrogen-bond acceptors (Lipinski definition) is 7. The molecule has 0 radical (unpaired) electrons. The Bertz CT molecular complexity index is 1200. The van der Waals surface area contributed by atoms with Crippen molar-refractivity contribution >= 4 is 40.9 Å². The first-order chi connectivity index (χ1) is 16.9. The largest absolute Gasteiger partial charge is 0.493 e. The van der Waals surface area contributed by atoms with Gasteiger partial charge in [0.1, 0.15) is 6.54 Å². The van der Waals surface area contributed by atoms with Crippen molar-refractivity contribution in [3.8, 4) is 11.5 Å². The summed E-state index contributed by atoms with van der Waals surface area (Å²) in [6.45, 7) is 2.95. The van der Waals surface area contributed by atoms with Gasteiger partial charge in [0.25, 0.3) is 11.1 Å². The quantitative estimate of drug-likeness (QED) is 0.336. The van der Waals surface area contributed by atoms with E-state index in [2.05, 4.69) is 0 Å². The number of esters is 1. The van der Waals surface area contributed by atoms with E-state index in [0.29, 0.717) is 30.0 Å². The monoisotopic (exact) mass is 494 g/mol. The van der Waals surface area contributed by atoms with Crippen molar-refractivity contribution < 1.29 is 28.7 Å². The first-order valence-corrected chi connectivity index (χ1v) is 12.2. The Morgan fingerprint density at radius 3 is 2.51 bits per heavy atom. The average molecular weight is 495 g/mol. The number of piperidine rings is 1. The maximum absolute atomic E-state index is 12.8. The lowest BCUT2D eigenvalue weighted by Gasteiger charge is -2.27. The summed E-state index contributed by atoms with van der Waals surface area (Å²) in [6, 6.07) is 11.9. The number of carbonyl (C=O) groups is 4. The Kier molecular flexibility index (Phi) is 7.55. The highest BCUT2D eigenvalue weighted by atomic mass is 32.2. The summed E-state index contributed by atoms with van der Waals surface area (Å²) >= 11 is 0.794. The molecule has 8 nitrogen and oxygen atoms in total. The fourth-order valence-electron chi connectivity index (χ4n) is 3.96. The maximum Gasteiger partial charge on any atom is 0.343 e. The van der Waals surface area contributed by atoms with Crippen molar-refractivity contribution in [3.63, 3.8) is 0 Å². The van der Waals surface area contributed by atoms with Crippen LogP contribution >= 0.6 is 11.8 Å². The number of carbonyl (C=O) groups excluding carboxylic acids is 4. The first kappa shape index (κ1) is 24.5. The van der Waals surface area contributed by atoms with Crippen LogP contribution in [0.1, 0.15) is 40.7 Å². The van der Waals surface area contributed by atoms with Gasteiger partial charge in [-0.15, -0.1) is 0 Å². The molecule has 0 aromatic heterocycles. The molecular formula is C26H26N2O6S. The predicted molar refractivity (Wildman–Crippen MR) is 132 cm³/mol. The van der Waals surface area contributed by atoms with Crippen LogP contribution in [0.25, 0.3) is 6.08 Å². The van der Waals surface area contributed by atoms with Crippen molar-refractivity contribution in [2.75, 3.05) is 26.7 Å². The van der Waals surface area contributed by atoms with E-state index in [4.69, 9.17) is 9.47 Å². The summed E-state index contributed by atoms with van der Waals surface area (Å²) in [5.74, 6) is -0.691. The minimum absolute atomic E-state index is 0.213. The third-order valence-corrected chi connectivity index (χ3v) is 6.72. The molecule has 0 N–H and O–H groups in total. The van der Waals surface area contributed by atoms with E-state index in [1.165, 1.54) is 7.11 Å². The molecule has 0 aliphatic carbocycles. The van der Waals surface area contributed by atoms with Gasteiger partial charge < -0.3 is 14.4 Å². The van der Waals surface area contributed by atoms with Gasteiger partial charge in [0, 0.05) is 13.1 Å². The number of imide groups is 1.